The summed E-state index contributed by atoms with van der Waals surface area (Å²) in [6, 6.07) is 8.62. The number of H-pyrrole nitrogens is 1. The number of halogens is 3. The van der Waals surface area contributed by atoms with Crippen LogP contribution in [-0.2, 0) is 0 Å². The van der Waals surface area contributed by atoms with Crippen molar-refractivity contribution in [3.05, 3.63) is 45.1 Å². The van der Waals surface area contributed by atoms with Crippen LogP contribution in [0, 0.1) is 5.82 Å². The maximum atomic E-state index is 13.5. The van der Waals surface area contributed by atoms with Crippen LogP contribution >= 0.6 is 31.9 Å². The molecule has 6 heteroatoms. The second-order valence-electron chi connectivity index (χ2n) is 4.11. The van der Waals surface area contributed by atoms with Gasteiger partial charge in [-0.05, 0) is 56.1 Å². The molecule has 0 spiro atoms. The summed E-state index contributed by atoms with van der Waals surface area (Å²) in [6.07, 6.45) is 0. The van der Waals surface area contributed by atoms with Crippen molar-refractivity contribution in [2.75, 3.05) is 5.73 Å². The van der Waals surface area contributed by atoms with Crippen LogP contribution in [0.1, 0.15) is 0 Å². The number of anilines is 1. The summed E-state index contributed by atoms with van der Waals surface area (Å²) in [4.78, 5) is 7.52. The molecule has 0 aliphatic rings. The molecule has 0 fully saturated rings. The summed E-state index contributed by atoms with van der Waals surface area (Å²) in [5.41, 5.74) is 8.68. The fraction of sp³-hybridized carbons (Fsp3) is 0. The summed E-state index contributed by atoms with van der Waals surface area (Å²) in [6.45, 7) is 0. The van der Waals surface area contributed by atoms with Gasteiger partial charge in [-0.1, -0.05) is 0 Å². The highest BCUT2D eigenvalue weighted by atomic mass is 79.9. The summed E-state index contributed by atoms with van der Waals surface area (Å²) >= 11 is 6.49. The van der Waals surface area contributed by atoms with Crippen LogP contribution in [0.4, 0.5) is 10.1 Å². The first-order valence-electron chi connectivity index (χ1n) is 5.45. The zero-order chi connectivity index (χ0) is 13.6. The van der Waals surface area contributed by atoms with Crippen molar-refractivity contribution >= 4 is 48.6 Å². The Morgan fingerprint density at radius 1 is 1.11 bits per heavy atom. The summed E-state index contributed by atoms with van der Waals surface area (Å²) in [7, 11) is 0. The molecule has 0 saturated heterocycles. The minimum Gasteiger partial charge on any atom is -0.398 e. The lowest BCUT2D eigenvalue weighted by molar-refractivity contribution is 0.623. The van der Waals surface area contributed by atoms with Crippen molar-refractivity contribution in [3.8, 4) is 11.4 Å². The van der Waals surface area contributed by atoms with Crippen LogP contribution in [-0.4, -0.2) is 9.97 Å². The Bertz CT molecular complexity index is 744. The van der Waals surface area contributed by atoms with Crippen LogP contribution in [0.5, 0.6) is 0 Å². The van der Waals surface area contributed by atoms with E-state index in [0.717, 1.165) is 10.0 Å². The largest absolute Gasteiger partial charge is 0.398 e. The molecule has 0 aliphatic heterocycles. The first-order valence-corrected chi connectivity index (χ1v) is 7.03. The number of rotatable bonds is 1. The van der Waals surface area contributed by atoms with Crippen LogP contribution < -0.4 is 5.73 Å². The van der Waals surface area contributed by atoms with E-state index in [0.29, 0.717) is 27.0 Å². The smallest absolute Gasteiger partial charge is 0.139 e. The highest BCUT2D eigenvalue weighted by Crippen LogP contribution is 2.28. The fourth-order valence-electron chi connectivity index (χ4n) is 1.83. The van der Waals surface area contributed by atoms with E-state index >= 15 is 0 Å². The number of aromatic amines is 1. The van der Waals surface area contributed by atoms with Crippen molar-refractivity contribution in [2.45, 2.75) is 0 Å². The Kier molecular flexibility index (Phi) is 3.06. The summed E-state index contributed by atoms with van der Waals surface area (Å²) in [5, 5.41) is 0. The molecular weight excluding hydrogens is 377 g/mol. The van der Waals surface area contributed by atoms with E-state index in [9.17, 15) is 4.39 Å². The number of nitrogens with two attached hydrogens (primary N) is 1. The molecule has 0 radical (unpaired) electrons. The first kappa shape index (κ1) is 12.6. The molecule has 0 aliphatic carbocycles. The zero-order valence-corrected chi connectivity index (χ0v) is 12.7. The third-order valence-electron chi connectivity index (χ3n) is 2.79. The molecule has 0 atom stereocenters. The second-order valence-corrected chi connectivity index (χ2v) is 5.81. The van der Waals surface area contributed by atoms with Gasteiger partial charge in [0.05, 0.1) is 15.5 Å². The number of nitrogen functional groups attached to an aromatic ring is 1. The highest BCUT2D eigenvalue weighted by Gasteiger charge is 2.09. The number of fused-ring (bicyclic) bond motifs is 1. The third-order valence-corrected chi connectivity index (χ3v) is 4.12. The second kappa shape index (κ2) is 4.61. The first-order chi connectivity index (χ1) is 9.04. The lowest BCUT2D eigenvalue weighted by atomic mass is 10.2. The number of benzene rings is 2. The number of hydrogen-bond donors (Lipinski definition) is 2. The Balaban J connectivity index is 2.17. The molecule has 3 aromatic rings. The highest BCUT2D eigenvalue weighted by molar-refractivity contribution is 9.10. The van der Waals surface area contributed by atoms with Gasteiger partial charge in [-0.25, -0.2) is 9.37 Å². The van der Waals surface area contributed by atoms with E-state index in [1.54, 1.807) is 6.07 Å². The number of imidazole rings is 1. The van der Waals surface area contributed by atoms with Crippen LogP contribution in [0.3, 0.4) is 0 Å². The maximum absolute atomic E-state index is 13.5. The Hall–Kier alpha value is -1.40. The average Bonchev–Trinajstić information content (AvgIpc) is 2.76. The molecule has 0 saturated carbocycles. The molecular formula is C13H8Br2FN3. The molecule has 0 bridgehead atoms. The molecule has 3 rings (SSSR count). The SMILES string of the molecule is Nc1cc(-c2nc3cc(Br)c(F)cc3[nH]2)ccc1Br. The average molecular weight is 385 g/mol. The summed E-state index contributed by atoms with van der Waals surface area (Å²) < 4.78 is 14.7. The van der Waals surface area contributed by atoms with Crippen molar-refractivity contribution in [3.63, 3.8) is 0 Å². The maximum Gasteiger partial charge on any atom is 0.139 e. The van der Waals surface area contributed by atoms with E-state index in [2.05, 4.69) is 41.8 Å². The van der Waals surface area contributed by atoms with Gasteiger partial charge in [0.25, 0.3) is 0 Å². The summed E-state index contributed by atoms with van der Waals surface area (Å²) in [5.74, 6) is 0.338. The van der Waals surface area contributed by atoms with E-state index < -0.39 is 0 Å². The van der Waals surface area contributed by atoms with E-state index in [-0.39, 0.29) is 5.82 Å². The van der Waals surface area contributed by atoms with Gasteiger partial charge >= 0.3 is 0 Å². The van der Waals surface area contributed by atoms with Crippen molar-refractivity contribution in [2.24, 2.45) is 0 Å². The number of nitrogens with one attached hydrogen (secondary N) is 1. The van der Waals surface area contributed by atoms with Crippen molar-refractivity contribution in [1.82, 2.24) is 9.97 Å². The minimum absolute atomic E-state index is 0.321. The van der Waals surface area contributed by atoms with E-state index in [1.165, 1.54) is 6.07 Å². The molecule has 19 heavy (non-hydrogen) atoms. The molecule has 0 unspecified atom stereocenters. The Morgan fingerprint density at radius 2 is 1.89 bits per heavy atom. The molecule has 3 N–H and O–H groups in total. The predicted molar refractivity (Wildman–Crippen MR) is 81.3 cm³/mol. The van der Waals surface area contributed by atoms with Gasteiger partial charge < -0.3 is 10.7 Å². The van der Waals surface area contributed by atoms with Crippen LogP contribution in [0.25, 0.3) is 22.4 Å². The molecule has 96 valence electrons. The van der Waals surface area contributed by atoms with Gasteiger partial charge in [-0.3, -0.25) is 0 Å². The van der Waals surface area contributed by atoms with Gasteiger partial charge in [0, 0.05) is 21.8 Å². The standard InChI is InChI=1S/C13H8Br2FN3/c14-7-2-1-6(3-10(7)17)13-18-11-4-8(15)9(16)5-12(11)19-13/h1-5H,17H2,(H,18,19). The van der Waals surface area contributed by atoms with Gasteiger partial charge in [0.2, 0.25) is 0 Å². The molecule has 1 heterocycles. The number of aromatic nitrogens is 2. The van der Waals surface area contributed by atoms with Crippen LogP contribution in [0.15, 0.2) is 39.3 Å². The van der Waals surface area contributed by atoms with E-state index in [1.807, 2.05) is 18.2 Å². The topological polar surface area (TPSA) is 54.7 Å². The van der Waals surface area contributed by atoms with Crippen molar-refractivity contribution < 1.29 is 4.39 Å². The van der Waals surface area contributed by atoms with Crippen LogP contribution in [0.2, 0.25) is 0 Å². The van der Waals surface area contributed by atoms with Gasteiger partial charge in [0.1, 0.15) is 11.6 Å². The fourth-order valence-corrected chi connectivity index (χ4v) is 2.41. The number of hydrogen-bond acceptors (Lipinski definition) is 2. The quantitative estimate of drug-likeness (QED) is 0.608. The number of nitrogens with zero attached hydrogens (tertiary/aromatic N) is 1. The van der Waals surface area contributed by atoms with Gasteiger partial charge in [-0.2, -0.15) is 0 Å². The lowest BCUT2D eigenvalue weighted by Gasteiger charge is -2.00. The molecule has 1 aromatic heterocycles. The molecule has 0 amide bonds. The molecule has 3 nitrogen and oxygen atoms in total. The lowest BCUT2D eigenvalue weighted by Crippen LogP contribution is -1.88. The Morgan fingerprint density at radius 3 is 2.63 bits per heavy atom. The van der Waals surface area contributed by atoms with Gasteiger partial charge in [0.15, 0.2) is 0 Å². The normalized spacial score (nSPS) is 11.1. The molecule has 2 aromatic carbocycles. The predicted octanol–water partition coefficient (Wildman–Crippen LogP) is 4.48. The van der Waals surface area contributed by atoms with Crippen molar-refractivity contribution in [1.29, 1.82) is 0 Å². The minimum atomic E-state index is -0.321. The Labute approximate surface area is 125 Å². The monoisotopic (exact) mass is 383 g/mol. The van der Waals surface area contributed by atoms with E-state index in [4.69, 9.17) is 5.73 Å². The zero-order valence-electron chi connectivity index (χ0n) is 9.55. The van der Waals surface area contributed by atoms with Gasteiger partial charge in [-0.15, -0.1) is 0 Å². The third kappa shape index (κ3) is 2.26.